The zero-order chi connectivity index (χ0) is 20.7. The fourth-order valence-electron chi connectivity index (χ4n) is 4.97. The second-order valence-electron chi connectivity index (χ2n) is 8.31. The van der Waals surface area contributed by atoms with Crippen molar-refractivity contribution in [2.75, 3.05) is 18.0 Å². The van der Waals surface area contributed by atoms with E-state index in [9.17, 15) is 0 Å². The van der Waals surface area contributed by atoms with Crippen LogP contribution in [0.1, 0.15) is 36.8 Å². The number of halogens is 2. The molecule has 2 aliphatic rings. The molecule has 6 heteroatoms. The summed E-state index contributed by atoms with van der Waals surface area (Å²) in [7, 11) is 0. The van der Waals surface area contributed by atoms with Gasteiger partial charge in [0.2, 0.25) is 0 Å². The summed E-state index contributed by atoms with van der Waals surface area (Å²) in [4.78, 5) is 12.8. The number of fused-ring (bicyclic) bond motifs is 1. The van der Waals surface area contributed by atoms with Crippen LogP contribution >= 0.6 is 46.0 Å². The van der Waals surface area contributed by atoms with Crippen LogP contribution in [-0.4, -0.2) is 23.1 Å². The fraction of sp³-hybridized carbons (Fsp3) is 0.333. The number of nitrogens with zero attached hydrogens (tertiary/aromatic N) is 3. The van der Waals surface area contributed by atoms with Gasteiger partial charge in [-0.1, -0.05) is 60.6 Å². The Morgan fingerprint density at radius 1 is 1.07 bits per heavy atom. The number of benzene rings is 2. The quantitative estimate of drug-likeness (QED) is 0.336. The highest BCUT2D eigenvalue weighted by Crippen LogP contribution is 2.53. The minimum atomic E-state index is 0.407. The van der Waals surface area contributed by atoms with E-state index in [1.54, 1.807) is 22.9 Å². The molecule has 1 spiro atoms. The highest BCUT2D eigenvalue weighted by molar-refractivity contribution is 14.1. The van der Waals surface area contributed by atoms with E-state index in [-0.39, 0.29) is 0 Å². The highest BCUT2D eigenvalue weighted by Gasteiger charge is 2.45. The van der Waals surface area contributed by atoms with E-state index >= 15 is 0 Å². The molecule has 5 rings (SSSR count). The maximum absolute atomic E-state index is 6.42. The van der Waals surface area contributed by atoms with Crippen LogP contribution in [0.15, 0.2) is 64.8 Å². The second kappa shape index (κ2) is 8.32. The molecule has 0 amide bonds. The molecular weight excluding hydrogens is 525 g/mol. The zero-order valence-corrected chi connectivity index (χ0v) is 20.5. The Morgan fingerprint density at radius 2 is 1.87 bits per heavy atom. The minimum absolute atomic E-state index is 0.407. The smallest absolute Gasteiger partial charge is 0.147 e. The van der Waals surface area contributed by atoms with E-state index < -0.39 is 0 Å². The van der Waals surface area contributed by atoms with Gasteiger partial charge in [-0.15, -0.1) is 0 Å². The molecule has 3 nitrogen and oxygen atoms in total. The first-order chi connectivity index (χ1) is 14.6. The lowest BCUT2D eigenvalue weighted by Gasteiger charge is -2.42. The molecule has 154 valence electrons. The van der Waals surface area contributed by atoms with Crippen molar-refractivity contribution in [2.45, 2.75) is 42.0 Å². The lowest BCUT2D eigenvalue weighted by Crippen LogP contribution is -2.42. The highest BCUT2D eigenvalue weighted by atomic mass is 127. The average Bonchev–Trinajstić information content (AvgIpc) is 3.04. The molecule has 2 heterocycles. The molecule has 0 bridgehead atoms. The Hall–Kier alpha value is -1.31. The molecular formula is C24H23ClIN3S. The monoisotopic (exact) mass is 547 g/mol. The largest absolute Gasteiger partial charge is 0.355 e. The normalized spacial score (nSPS) is 19.8. The summed E-state index contributed by atoms with van der Waals surface area (Å²) in [6.45, 7) is 4.51. The molecule has 1 saturated heterocycles. The van der Waals surface area contributed by atoms with E-state index in [4.69, 9.17) is 16.6 Å². The van der Waals surface area contributed by atoms with E-state index in [2.05, 4.69) is 63.7 Å². The predicted octanol–water partition coefficient (Wildman–Crippen LogP) is 6.83. The summed E-state index contributed by atoms with van der Waals surface area (Å²) in [5.41, 5.74) is 3.51. The number of aromatic nitrogens is 2. The Bertz CT molecular complexity index is 1060. The first-order valence-electron chi connectivity index (χ1n) is 10.3. The van der Waals surface area contributed by atoms with Gasteiger partial charge in [0, 0.05) is 21.6 Å². The third-order valence-electron chi connectivity index (χ3n) is 6.81. The van der Waals surface area contributed by atoms with Crippen LogP contribution < -0.4 is 4.90 Å². The fourth-order valence-corrected chi connectivity index (χ4v) is 6.68. The van der Waals surface area contributed by atoms with Crippen molar-refractivity contribution in [3.8, 4) is 0 Å². The number of anilines is 1. The minimum Gasteiger partial charge on any atom is -0.355 e. The molecule has 0 unspecified atom stereocenters. The van der Waals surface area contributed by atoms with Crippen molar-refractivity contribution < 1.29 is 0 Å². The molecule has 2 aromatic carbocycles. The molecule has 1 atom stereocenters. The Labute approximate surface area is 200 Å². The van der Waals surface area contributed by atoms with Crippen LogP contribution in [0.3, 0.4) is 0 Å². The van der Waals surface area contributed by atoms with Gasteiger partial charge < -0.3 is 4.90 Å². The van der Waals surface area contributed by atoms with Crippen LogP contribution in [0.2, 0.25) is 5.02 Å². The van der Waals surface area contributed by atoms with Gasteiger partial charge in [0.05, 0.1) is 17.4 Å². The van der Waals surface area contributed by atoms with Gasteiger partial charge in [-0.2, -0.15) is 0 Å². The Morgan fingerprint density at radius 3 is 2.60 bits per heavy atom. The summed E-state index contributed by atoms with van der Waals surface area (Å²) in [6.07, 6.45) is 7.41. The molecule has 1 aliphatic carbocycles. The Kier molecular flexibility index (Phi) is 5.71. The average molecular weight is 548 g/mol. The SMILES string of the molecule is C[C@@H]1c2ccccc2CC12CCN(c1cnc(Sc3cccc(I)c3Cl)cn1)CC2. The third-order valence-corrected chi connectivity index (χ3v) is 9.53. The maximum atomic E-state index is 6.42. The van der Waals surface area contributed by atoms with E-state index in [0.29, 0.717) is 11.3 Å². The zero-order valence-electron chi connectivity index (χ0n) is 16.8. The van der Waals surface area contributed by atoms with Crippen LogP contribution in [0.25, 0.3) is 0 Å². The van der Waals surface area contributed by atoms with Gasteiger partial charge >= 0.3 is 0 Å². The molecule has 1 aliphatic heterocycles. The van der Waals surface area contributed by atoms with Gasteiger partial charge in [0.25, 0.3) is 0 Å². The third kappa shape index (κ3) is 3.73. The molecule has 0 N–H and O–H groups in total. The lowest BCUT2D eigenvalue weighted by molar-refractivity contribution is 0.194. The van der Waals surface area contributed by atoms with Crippen LogP contribution in [0.5, 0.6) is 0 Å². The second-order valence-corrected chi connectivity index (χ2v) is 10.9. The van der Waals surface area contributed by atoms with Gasteiger partial charge in [-0.25, -0.2) is 9.97 Å². The number of hydrogen-bond acceptors (Lipinski definition) is 4. The van der Waals surface area contributed by atoms with Crippen LogP contribution in [0, 0.1) is 8.99 Å². The molecule has 30 heavy (non-hydrogen) atoms. The summed E-state index contributed by atoms with van der Waals surface area (Å²) in [5, 5.41) is 1.65. The van der Waals surface area contributed by atoms with Crippen LogP contribution in [-0.2, 0) is 6.42 Å². The van der Waals surface area contributed by atoms with Crippen molar-refractivity contribution in [2.24, 2.45) is 5.41 Å². The van der Waals surface area contributed by atoms with Gasteiger partial charge in [-0.3, -0.25) is 0 Å². The van der Waals surface area contributed by atoms with E-state index in [1.165, 1.54) is 19.3 Å². The van der Waals surface area contributed by atoms with E-state index in [1.807, 2.05) is 30.6 Å². The van der Waals surface area contributed by atoms with E-state index in [0.717, 1.165) is 37.4 Å². The molecule has 1 aromatic heterocycles. The first-order valence-corrected chi connectivity index (χ1v) is 12.6. The standard InChI is InChI=1S/C24H23ClIN3S/c1-16-18-6-3-2-5-17(18)13-24(16)9-11-29(12-10-24)21-14-28-22(15-27-21)30-20-8-4-7-19(26)23(20)25/h2-8,14-16H,9-13H2,1H3/t16-/m1/s1. The first kappa shape index (κ1) is 20.6. The molecule has 1 fully saturated rings. The van der Waals surface area contributed by atoms with Crippen LogP contribution in [0.4, 0.5) is 5.82 Å². The van der Waals surface area contributed by atoms with Gasteiger partial charge in [0.15, 0.2) is 0 Å². The van der Waals surface area contributed by atoms with Gasteiger partial charge in [0.1, 0.15) is 10.8 Å². The summed E-state index contributed by atoms with van der Waals surface area (Å²) in [6, 6.07) is 15.0. The van der Waals surface area contributed by atoms with Gasteiger partial charge in [-0.05, 0) is 76.4 Å². The van der Waals surface area contributed by atoms with Crippen molar-refractivity contribution in [1.29, 1.82) is 0 Å². The number of piperidine rings is 1. The predicted molar refractivity (Wildman–Crippen MR) is 133 cm³/mol. The topological polar surface area (TPSA) is 29.0 Å². The lowest BCUT2D eigenvalue weighted by atomic mass is 9.70. The summed E-state index contributed by atoms with van der Waals surface area (Å²) in [5.74, 6) is 1.62. The molecule has 3 aromatic rings. The molecule has 0 saturated carbocycles. The number of hydrogen-bond donors (Lipinski definition) is 0. The van der Waals surface area contributed by atoms with Crippen molar-refractivity contribution in [3.05, 3.63) is 74.6 Å². The summed E-state index contributed by atoms with van der Waals surface area (Å²) >= 11 is 10.2. The van der Waals surface area contributed by atoms with Crippen molar-refractivity contribution in [1.82, 2.24) is 9.97 Å². The summed E-state index contributed by atoms with van der Waals surface area (Å²) < 4.78 is 1.05. The maximum Gasteiger partial charge on any atom is 0.147 e. The Balaban J connectivity index is 1.26. The molecule has 0 radical (unpaired) electrons. The van der Waals surface area contributed by atoms with Crippen molar-refractivity contribution in [3.63, 3.8) is 0 Å². The number of rotatable bonds is 3. The van der Waals surface area contributed by atoms with Crippen molar-refractivity contribution >= 4 is 51.8 Å².